The lowest BCUT2D eigenvalue weighted by atomic mass is 10.1. The molecule has 0 aliphatic carbocycles. The number of carbonyl (C=O) groups excluding carboxylic acids is 1. The van der Waals surface area contributed by atoms with Gasteiger partial charge in [0.25, 0.3) is 0 Å². The Morgan fingerprint density at radius 3 is 2.41 bits per heavy atom. The standard InChI is InChI=1S/C12H24N2O3/c1-4-9(2)13-8-11(15)14-10(3)6-5-7-12(16)17/h9-10,13H,4-8H2,1-3H3,(H,14,15)(H,16,17). The van der Waals surface area contributed by atoms with Gasteiger partial charge in [-0.05, 0) is 33.1 Å². The van der Waals surface area contributed by atoms with E-state index < -0.39 is 5.97 Å². The van der Waals surface area contributed by atoms with Crippen molar-refractivity contribution in [2.24, 2.45) is 0 Å². The maximum Gasteiger partial charge on any atom is 0.303 e. The Morgan fingerprint density at radius 1 is 1.24 bits per heavy atom. The van der Waals surface area contributed by atoms with Crippen molar-refractivity contribution in [1.82, 2.24) is 10.6 Å². The fourth-order valence-electron chi connectivity index (χ4n) is 1.37. The first-order chi connectivity index (χ1) is 7.95. The van der Waals surface area contributed by atoms with Crippen LogP contribution in [0.25, 0.3) is 0 Å². The molecule has 0 saturated heterocycles. The summed E-state index contributed by atoms with van der Waals surface area (Å²) in [6, 6.07) is 0.364. The molecule has 0 radical (unpaired) electrons. The molecule has 2 atom stereocenters. The van der Waals surface area contributed by atoms with Gasteiger partial charge in [-0.2, -0.15) is 0 Å². The van der Waals surface area contributed by atoms with Gasteiger partial charge < -0.3 is 15.7 Å². The SMILES string of the molecule is CCC(C)NCC(=O)NC(C)CCCC(=O)O. The maximum atomic E-state index is 11.5. The zero-order valence-corrected chi connectivity index (χ0v) is 11.0. The van der Waals surface area contributed by atoms with Gasteiger partial charge in [-0.15, -0.1) is 0 Å². The number of carboxylic acid groups (broad SMARTS) is 1. The van der Waals surface area contributed by atoms with E-state index in [0.29, 0.717) is 25.4 Å². The second-order valence-electron chi connectivity index (χ2n) is 4.44. The van der Waals surface area contributed by atoms with Crippen molar-refractivity contribution in [3.8, 4) is 0 Å². The van der Waals surface area contributed by atoms with Gasteiger partial charge in [0.1, 0.15) is 0 Å². The van der Waals surface area contributed by atoms with E-state index in [1.165, 1.54) is 0 Å². The van der Waals surface area contributed by atoms with Gasteiger partial charge in [-0.1, -0.05) is 6.92 Å². The number of rotatable bonds is 9. The zero-order chi connectivity index (χ0) is 13.3. The predicted molar refractivity (Wildman–Crippen MR) is 66.8 cm³/mol. The van der Waals surface area contributed by atoms with E-state index in [9.17, 15) is 9.59 Å². The Hall–Kier alpha value is -1.10. The lowest BCUT2D eigenvalue weighted by Crippen LogP contribution is -2.41. The normalized spacial score (nSPS) is 14.1. The van der Waals surface area contributed by atoms with Gasteiger partial charge in [0.15, 0.2) is 0 Å². The molecule has 2 unspecified atom stereocenters. The molecule has 17 heavy (non-hydrogen) atoms. The first-order valence-electron chi connectivity index (χ1n) is 6.20. The number of nitrogens with one attached hydrogen (secondary N) is 2. The first kappa shape index (κ1) is 15.9. The summed E-state index contributed by atoms with van der Waals surface area (Å²) in [4.78, 5) is 21.8. The lowest BCUT2D eigenvalue weighted by molar-refractivity contribution is -0.137. The van der Waals surface area contributed by atoms with Gasteiger partial charge in [0.2, 0.25) is 5.91 Å². The van der Waals surface area contributed by atoms with Crippen LogP contribution in [0.5, 0.6) is 0 Å². The maximum absolute atomic E-state index is 11.5. The molecule has 3 N–H and O–H groups in total. The van der Waals surface area contributed by atoms with Crippen LogP contribution < -0.4 is 10.6 Å². The van der Waals surface area contributed by atoms with Gasteiger partial charge in [0, 0.05) is 18.5 Å². The smallest absolute Gasteiger partial charge is 0.303 e. The third-order valence-corrected chi connectivity index (χ3v) is 2.66. The fourth-order valence-corrected chi connectivity index (χ4v) is 1.37. The molecule has 5 heteroatoms. The van der Waals surface area contributed by atoms with E-state index in [0.717, 1.165) is 6.42 Å². The summed E-state index contributed by atoms with van der Waals surface area (Å²) in [5.74, 6) is -0.824. The van der Waals surface area contributed by atoms with Crippen LogP contribution in [0.15, 0.2) is 0 Å². The highest BCUT2D eigenvalue weighted by molar-refractivity contribution is 5.78. The molecular weight excluding hydrogens is 220 g/mol. The average molecular weight is 244 g/mol. The molecular formula is C12H24N2O3. The summed E-state index contributed by atoms with van der Waals surface area (Å²) < 4.78 is 0. The van der Waals surface area contributed by atoms with Gasteiger partial charge in [-0.3, -0.25) is 9.59 Å². The summed E-state index contributed by atoms with van der Waals surface area (Å²) >= 11 is 0. The first-order valence-corrected chi connectivity index (χ1v) is 6.20. The molecule has 0 aromatic heterocycles. The van der Waals surface area contributed by atoms with Crippen LogP contribution in [0.1, 0.15) is 46.5 Å². The summed E-state index contributed by atoms with van der Waals surface area (Å²) in [5, 5.41) is 14.4. The van der Waals surface area contributed by atoms with E-state index in [1.54, 1.807) is 0 Å². The molecule has 0 aliphatic rings. The van der Waals surface area contributed by atoms with Crippen molar-refractivity contribution in [2.75, 3.05) is 6.54 Å². The summed E-state index contributed by atoms with van der Waals surface area (Å²) in [6.07, 6.45) is 2.43. The molecule has 0 spiro atoms. The van der Waals surface area contributed by atoms with Crippen LogP contribution in [-0.4, -0.2) is 35.6 Å². The minimum absolute atomic E-state index is 0.0283. The number of hydrogen-bond acceptors (Lipinski definition) is 3. The Kier molecular flexibility index (Phi) is 8.40. The molecule has 0 aromatic rings. The second kappa shape index (κ2) is 8.98. The van der Waals surface area contributed by atoms with Crippen LogP contribution in [0.3, 0.4) is 0 Å². The predicted octanol–water partition coefficient (Wildman–Crippen LogP) is 1.13. The summed E-state index contributed by atoms with van der Waals surface area (Å²) in [6.45, 7) is 6.30. The highest BCUT2D eigenvalue weighted by Crippen LogP contribution is 2.00. The highest BCUT2D eigenvalue weighted by atomic mass is 16.4. The van der Waals surface area contributed by atoms with Crippen molar-refractivity contribution in [3.05, 3.63) is 0 Å². The van der Waals surface area contributed by atoms with E-state index in [1.807, 2.05) is 13.8 Å². The molecule has 100 valence electrons. The van der Waals surface area contributed by atoms with Crippen molar-refractivity contribution in [3.63, 3.8) is 0 Å². The van der Waals surface area contributed by atoms with Crippen LogP contribution in [0, 0.1) is 0 Å². The van der Waals surface area contributed by atoms with Gasteiger partial charge in [-0.25, -0.2) is 0 Å². The third kappa shape index (κ3) is 9.81. The van der Waals surface area contributed by atoms with Crippen LogP contribution in [0.2, 0.25) is 0 Å². The number of carbonyl (C=O) groups is 2. The number of hydrogen-bond donors (Lipinski definition) is 3. The highest BCUT2D eigenvalue weighted by Gasteiger charge is 2.08. The summed E-state index contributed by atoms with van der Waals surface area (Å²) in [7, 11) is 0. The Balaban J connectivity index is 3.62. The molecule has 0 aromatic carbocycles. The topological polar surface area (TPSA) is 78.4 Å². The van der Waals surface area contributed by atoms with Gasteiger partial charge >= 0.3 is 5.97 Å². The molecule has 5 nitrogen and oxygen atoms in total. The van der Waals surface area contributed by atoms with Crippen molar-refractivity contribution in [2.45, 2.75) is 58.5 Å². The molecule has 0 fully saturated rings. The van der Waals surface area contributed by atoms with E-state index >= 15 is 0 Å². The number of aliphatic carboxylic acids is 1. The van der Waals surface area contributed by atoms with Crippen molar-refractivity contribution < 1.29 is 14.7 Å². The number of amides is 1. The van der Waals surface area contributed by atoms with Crippen molar-refractivity contribution in [1.29, 1.82) is 0 Å². The monoisotopic (exact) mass is 244 g/mol. The minimum atomic E-state index is -0.790. The molecule has 0 saturated carbocycles. The molecule has 1 amide bonds. The quantitative estimate of drug-likeness (QED) is 0.568. The van der Waals surface area contributed by atoms with Crippen molar-refractivity contribution >= 4 is 11.9 Å². The zero-order valence-electron chi connectivity index (χ0n) is 11.0. The fraction of sp³-hybridized carbons (Fsp3) is 0.833. The number of carboxylic acids is 1. The van der Waals surface area contributed by atoms with Gasteiger partial charge in [0.05, 0.1) is 6.54 Å². The molecule has 0 rings (SSSR count). The Labute approximate surface area is 103 Å². The minimum Gasteiger partial charge on any atom is -0.481 e. The molecule has 0 heterocycles. The van der Waals surface area contributed by atoms with Crippen LogP contribution >= 0.6 is 0 Å². The largest absolute Gasteiger partial charge is 0.481 e. The van der Waals surface area contributed by atoms with E-state index in [4.69, 9.17) is 5.11 Å². The third-order valence-electron chi connectivity index (χ3n) is 2.66. The van der Waals surface area contributed by atoms with Crippen LogP contribution in [0.4, 0.5) is 0 Å². The lowest BCUT2D eigenvalue weighted by Gasteiger charge is -2.15. The van der Waals surface area contributed by atoms with E-state index in [2.05, 4.69) is 17.6 Å². The average Bonchev–Trinajstić information content (AvgIpc) is 2.25. The summed E-state index contributed by atoms with van der Waals surface area (Å²) in [5.41, 5.74) is 0. The molecule has 0 bridgehead atoms. The van der Waals surface area contributed by atoms with E-state index in [-0.39, 0.29) is 18.4 Å². The van der Waals surface area contributed by atoms with Crippen LogP contribution in [-0.2, 0) is 9.59 Å². The Morgan fingerprint density at radius 2 is 1.88 bits per heavy atom. The second-order valence-corrected chi connectivity index (χ2v) is 4.44. The molecule has 0 aliphatic heterocycles. The Bertz CT molecular complexity index is 244.